The summed E-state index contributed by atoms with van der Waals surface area (Å²) in [6.07, 6.45) is 1.35. The molecule has 1 aromatic carbocycles. The Morgan fingerprint density at radius 3 is 2.45 bits per heavy atom. The summed E-state index contributed by atoms with van der Waals surface area (Å²) in [5.74, 6) is -1.34. The number of sulfone groups is 1. The number of carbonyl (C=O) groups excluding carboxylic acids is 3. The third kappa shape index (κ3) is 5.56. The predicted molar refractivity (Wildman–Crippen MR) is 106 cm³/mol. The lowest BCUT2D eigenvalue weighted by atomic mass is 9.96. The number of likely N-dealkylation sites (tertiary alicyclic amines) is 1. The molecule has 29 heavy (non-hydrogen) atoms. The molecule has 0 aromatic heterocycles. The highest BCUT2D eigenvalue weighted by Crippen LogP contribution is 2.21. The van der Waals surface area contributed by atoms with E-state index in [1.165, 1.54) is 0 Å². The van der Waals surface area contributed by atoms with Gasteiger partial charge in [-0.1, -0.05) is 18.2 Å². The van der Waals surface area contributed by atoms with Gasteiger partial charge in [-0.2, -0.15) is 0 Å². The summed E-state index contributed by atoms with van der Waals surface area (Å²) < 4.78 is 27.9. The largest absolute Gasteiger partial charge is 0.455 e. The quantitative estimate of drug-likeness (QED) is 0.700. The highest BCUT2D eigenvalue weighted by molar-refractivity contribution is 7.91. The van der Waals surface area contributed by atoms with Crippen LogP contribution in [0.15, 0.2) is 24.3 Å². The molecule has 9 heteroatoms. The second-order valence-corrected chi connectivity index (χ2v) is 9.89. The summed E-state index contributed by atoms with van der Waals surface area (Å²) in [4.78, 5) is 38.5. The van der Waals surface area contributed by atoms with Gasteiger partial charge in [0.15, 0.2) is 16.4 Å². The summed E-state index contributed by atoms with van der Waals surface area (Å²) in [6, 6.07) is 6.99. The zero-order valence-electron chi connectivity index (χ0n) is 16.4. The van der Waals surface area contributed by atoms with Gasteiger partial charge in [-0.05, 0) is 37.8 Å². The van der Waals surface area contributed by atoms with Crippen molar-refractivity contribution in [3.8, 4) is 0 Å². The molecule has 1 N–H and O–H groups in total. The number of nitrogens with one attached hydrogen (secondary N) is 1. The molecular formula is C20H26N2O6S. The molecule has 2 fully saturated rings. The number of nitrogens with zero attached hydrogens (tertiary/aromatic N) is 1. The summed E-state index contributed by atoms with van der Waals surface area (Å²) in [7, 11) is -3.08. The van der Waals surface area contributed by atoms with E-state index >= 15 is 0 Å². The lowest BCUT2D eigenvalue weighted by Gasteiger charge is -2.31. The number of amides is 2. The fraction of sp³-hybridized carbons (Fsp3) is 0.550. The summed E-state index contributed by atoms with van der Waals surface area (Å²) in [6.45, 7) is 2.39. The zero-order valence-corrected chi connectivity index (χ0v) is 17.2. The zero-order chi connectivity index (χ0) is 21.0. The second kappa shape index (κ2) is 8.94. The number of hydrogen-bond donors (Lipinski definition) is 1. The molecule has 2 amide bonds. The maximum Gasteiger partial charge on any atom is 0.309 e. The van der Waals surface area contributed by atoms with Crippen LogP contribution in [0.5, 0.6) is 0 Å². The van der Waals surface area contributed by atoms with Crippen LogP contribution in [0.2, 0.25) is 0 Å². The first-order chi connectivity index (χ1) is 13.7. The van der Waals surface area contributed by atoms with Crippen molar-refractivity contribution in [1.29, 1.82) is 0 Å². The first-order valence-corrected chi connectivity index (χ1v) is 11.6. The Hall–Kier alpha value is -2.42. The number of benzene rings is 1. The SMILES string of the molecule is Cc1ccccc1C(=O)N1CCC(C(=O)OCC(=O)N[C@H]2CCS(=O)(=O)C2)CC1. The summed E-state index contributed by atoms with van der Waals surface area (Å²) in [5, 5.41) is 2.59. The van der Waals surface area contributed by atoms with Crippen LogP contribution in [-0.4, -0.2) is 68.3 Å². The monoisotopic (exact) mass is 422 g/mol. The van der Waals surface area contributed by atoms with E-state index in [1.807, 2.05) is 25.1 Å². The minimum atomic E-state index is -3.08. The Labute approximate surface area is 170 Å². The Bertz CT molecular complexity index is 890. The fourth-order valence-corrected chi connectivity index (χ4v) is 5.41. The number of esters is 1. The third-order valence-corrected chi connectivity index (χ3v) is 7.20. The van der Waals surface area contributed by atoms with E-state index < -0.39 is 34.4 Å². The van der Waals surface area contributed by atoms with Gasteiger partial charge in [0.1, 0.15) is 0 Å². The number of carbonyl (C=O) groups is 3. The first kappa shape index (κ1) is 21.3. The Balaban J connectivity index is 1.41. The Morgan fingerprint density at radius 1 is 1.14 bits per heavy atom. The third-order valence-electron chi connectivity index (χ3n) is 5.43. The molecule has 3 rings (SSSR count). The van der Waals surface area contributed by atoms with Gasteiger partial charge in [0, 0.05) is 24.7 Å². The second-order valence-electron chi connectivity index (χ2n) is 7.66. The molecule has 2 aliphatic heterocycles. The molecule has 2 heterocycles. The molecule has 1 atom stereocenters. The predicted octanol–water partition coefficient (Wildman–Crippen LogP) is 0.694. The van der Waals surface area contributed by atoms with E-state index in [0.717, 1.165) is 5.56 Å². The van der Waals surface area contributed by atoms with Gasteiger partial charge in [-0.3, -0.25) is 14.4 Å². The average molecular weight is 423 g/mol. The highest BCUT2D eigenvalue weighted by atomic mass is 32.2. The van der Waals surface area contributed by atoms with E-state index in [0.29, 0.717) is 37.9 Å². The average Bonchev–Trinajstić information content (AvgIpc) is 3.04. The van der Waals surface area contributed by atoms with Crippen molar-refractivity contribution in [2.24, 2.45) is 5.92 Å². The Morgan fingerprint density at radius 2 is 1.83 bits per heavy atom. The molecular weight excluding hydrogens is 396 g/mol. The van der Waals surface area contributed by atoms with Gasteiger partial charge >= 0.3 is 5.97 Å². The molecule has 0 radical (unpaired) electrons. The summed E-state index contributed by atoms with van der Waals surface area (Å²) >= 11 is 0. The smallest absolute Gasteiger partial charge is 0.309 e. The molecule has 8 nitrogen and oxygen atoms in total. The van der Waals surface area contributed by atoms with Crippen LogP contribution in [0.25, 0.3) is 0 Å². The van der Waals surface area contributed by atoms with Crippen LogP contribution in [-0.2, 0) is 24.2 Å². The lowest BCUT2D eigenvalue weighted by molar-refractivity contribution is -0.154. The lowest BCUT2D eigenvalue weighted by Crippen LogP contribution is -2.42. The van der Waals surface area contributed by atoms with E-state index in [1.54, 1.807) is 11.0 Å². The fourth-order valence-electron chi connectivity index (χ4n) is 3.73. The van der Waals surface area contributed by atoms with Crippen molar-refractivity contribution in [3.63, 3.8) is 0 Å². The number of aryl methyl sites for hydroxylation is 1. The molecule has 2 saturated heterocycles. The highest BCUT2D eigenvalue weighted by Gasteiger charge is 2.31. The van der Waals surface area contributed by atoms with E-state index in [-0.39, 0.29) is 23.3 Å². The maximum absolute atomic E-state index is 12.6. The van der Waals surface area contributed by atoms with Gasteiger partial charge < -0.3 is 15.0 Å². The maximum atomic E-state index is 12.6. The number of rotatable bonds is 5. The van der Waals surface area contributed by atoms with Crippen LogP contribution in [0.4, 0.5) is 0 Å². The van der Waals surface area contributed by atoms with Gasteiger partial charge in [0.2, 0.25) is 0 Å². The van der Waals surface area contributed by atoms with E-state index in [4.69, 9.17) is 4.74 Å². The van der Waals surface area contributed by atoms with Crippen molar-refractivity contribution in [2.75, 3.05) is 31.2 Å². The van der Waals surface area contributed by atoms with Crippen molar-refractivity contribution in [2.45, 2.75) is 32.2 Å². The molecule has 0 saturated carbocycles. The van der Waals surface area contributed by atoms with E-state index in [2.05, 4.69) is 5.32 Å². The van der Waals surface area contributed by atoms with Crippen LogP contribution in [0.1, 0.15) is 35.2 Å². The molecule has 0 bridgehead atoms. The number of ether oxygens (including phenoxy) is 1. The van der Waals surface area contributed by atoms with Crippen LogP contribution < -0.4 is 5.32 Å². The van der Waals surface area contributed by atoms with Gasteiger partial charge in [0.25, 0.3) is 11.8 Å². The van der Waals surface area contributed by atoms with Crippen LogP contribution in [0.3, 0.4) is 0 Å². The molecule has 158 valence electrons. The topological polar surface area (TPSA) is 110 Å². The van der Waals surface area contributed by atoms with Gasteiger partial charge in [0.05, 0.1) is 17.4 Å². The van der Waals surface area contributed by atoms with Gasteiger partial charge in [-0.25, -0.2) is 8.42 Å². The van der Waals surface area contributed by atoms with E-state index in [9.17, 15) is 22.8 Å². The molecule has 0 aliphatic carbocycles. The standard InChI is InChI=1S/C20H26N2O6S/c1-14-4-2-3-5-17(14)19(24)22-9-6-15(7-10-22)20(25)28-12-18(23)21-16-8-11-29(26,27)13-16/h2-5,15-16H,6-13H2,1H3,(H,21,23)/t16-/m0/s1. The van der Waals surface area contributed by atoms with Crippen molar-refractivity contribution >= 4 is 27.6 Å². The molecule has 1 aromatic rings. The Kier molecular flexibility index (Phi) is 6.56. The van der Waals surface area contributed by atoms with Crippen LogP contribution >= 0.6 is 0 Å². The minimum absolute atomic E-state index is 0.0409. The van der Waals surface area contributed by atoms with Crippen molar-refractivity contribution in [1.82, 2.24) is 10.2 Å². The number of piperidine rings is 1. The van der Waals surface area contributed by atoms with Crippen molar-refractivity contribution in [3.05, 3.63) is 35.4 Å². The summed E-state index contributed by atoms with van der Waals surface area (Å²) in [5.41, 5.74) is 1.58. The van der Waals surface area contributed by atoms with Gasteiger partial charge in [-0.15, -0.1) is 0 Å². The normalized spacial score (nSPS) is 21.6. The minimum Gasteiger partial charge on any atom is -0.455 e. The van der Waals surface area contributed by atoms with Crippen molar-refractivity contribution < 1.29 is 27.5 Å². The molecule has 2 aliphatic rings. The molecule has 0 spiro atoms. The number of hydrogen-bond acceptors (Lipinski definition) is 6. The molecule has 0 unspecified atom stereocenters. The first-order valence-electron chi connectivity index (χ1n) is 9.76. The van der Waals surface area contributed by atoms with Crippen LogP contribution in [0, 0.1) is 12.8 Å².